The lowest BCUT2D eigenvalue weighted by molar-refractivity contribution is 0.112. The second-order valence-electron chi connectivity index (χ2n) is 7.98. The molecule has 0 aromatic heterocycles. The number of rotatable bonds is 7. The summed E-state index contributed by atoms with van der Waals surface area (Å²) < 4.78 is 43.4. The topological polar surface area (TPSA) is 17.1 Å². The Kier molecular flexibility index (Phi) is 6.40. The molecule has 0 atom stereocenters. The maximum atomic E-state index is 14.9. The van der Waals surface area contributed by atoms with Gasteiger partial charge < -0.3 is 0 Å². The minimum Gasteiger partial charge on any atom is -0.298 e. The third-order valence-electron chi connectivity index (χ3n) is 5.78. The Labute approximate surface area is 185 Å². The van der Waals surface area contributed by atoms with E-state index in [4.69, 9.17) is 0 Å². The number of aldehydes is 1. The highest BCUT2D eigenvalue weighted by Crippen LogP contribution is 2.35. The third-order valence-corrected chi connectivity index (χ3v) is 5.78. The van der Waals surface area contributed by atoms with E-state index in [1.165, 1.54) is 42.3 Å². The van der Waals surface area contributed by atoms with Gasteiger partial charge in [0.1, 0.15) is 17.5 Å². The highest BCUT2D eigenvalue weighted by Gasteiger charge is 2.17. The van der Waals surface area contributed by atoms with Crippen molar-refractivity contribution in [3.63, 3.8) is 0 Å². The lowest BCUT2D eigenvalue weighted by atomic mass is 9.92. The summed E-state index contributed by atoms with van der Waals surface area (Å²) in [5.74, 6) is -2.19. The molecule has 0 bridgehead atoms. The summed E-state index contributed by atoms with van der Waals surface area (Å²) in [6, 6.07) is 17.1. The van der Waals surface area contributed by atoms with Crippen molar-refractivity contribution in [1.82, 2.24) is 0 Å². The maximum absolute atomic E-state index is 14.9. The predicted octanol–water partition coefficient (Wildman–Crippen LogP) is 8.14. The molecule has 0 N–H and O–H groups in total. The molecule has 4 heteroatoms. The number of hydrogen-bond acceptors (Lipinski definition) is 1. The molecule has 0 saturated carbocycles. The van der Waals surface area contributed by atoms with Crippen LogP contribution in [0, 0.1) is 17.5 Å². The van der Waals surface area contributed by atoms with Gasteiger partial charge in [-0.25, -0.2) is 13.2 Å². The Morgan fingerprint density at radius 2 is 1.59 bits per heavy atom. The summed E-state index contributed by atoms with van der Waals surface area (Å²) >= 11 is 0. The fraction of sp³-hybridized carbons (Fsp3) is 0.179. The smallest absolute Gasteiger partial charge is 0.151 e. The van der Waals surface area contributed by atoms with Gasteiger partial charge in [0.25, 0.3) is 0 Å². The molecule has 0 aliphatic rings. The van der Waals surface area contributed by atoms with Gasteiger partial charge in [0.2, 0.25) is 0 Å². The van der Waals surface area contributed by atoms with Gasteiger partial charge in [0, 0.05) is 5.56 Å². The predicted molar refractivity (Wildman–Crippen MR) is 123 cm³/mol. The SMILES string of the molecule is CCCCCc1ccc2c(C=O)c(-c3cc(F)c(-c4cccc(F)c4)c(F)c3)ccc2c1. The first-order valence-corrected chi connectivity index (χ1v) is 10.8. The van der Waals surface area contributed by atoms with E-state index >= 15 is 0 Å². The minimum atomic E-state index is -0.811. The van der Waals surface area contributed by atoms with Gasteiger partial charge in [0.15, 0.2) is 6.29 Å². The first-order chi connectivity index (χ1) is 15.5. The average molecular weight is 432 g/mol. The van der Waals surface area contributed by atoms with E-state index in [2.05, 4.69) is 13.0 Å². The Morgan fingerprint density at radius 1 is 0.812 bits per heavy atom. The zero-order chi connectivity index (χ0) is 22.7. The molecule has 0 aliphatic heterocycles. The zero-order valence-electron chi connectivity index (χ0n) is 17.8. The maximum Gasteiger partial charge on any atom is 0.151 e. The summed E-state index contributed by atoms with van der Waals surface area (Å²) in [4.78, 5) is 12.0. The summed E-state index contributed by atoms with van der Waals surface area (Å²) in [5, 5.41) is 1.66. The van der Waals surface area contributed by atoms with Crippen molar-refractivity contribution in [3.05, 3.63) is 95.3 Å². The monoisotopic (exact) mass is 432 g/mol. The lowest BCUT2D eigenvalue weighted by Crippen LogP contribution is -1.96. The molecule has 0 spiro atoms. The Bertz CT molecular complexity index is 1270. The number of carbonyl (C=O) groups excluding carboxylic acids is 1. The summed E-state index contributed by atoms with van der Waals surface area (Å²) in [5.41, 5.74) is 2.13. The molecule has 0 fully saturated rings. The van der Waals surface area contributed by atoms with E-state index in [9.17, 15) is 18.0 Å². The second kappa shape index (κ2) is 9.39. The van der Waals surface area contributed by atoms with Gasteiger partial charge in [-0.05, 0) is 70.1 Å². The number of fused-ring (bicyclic) bond motifs is 1. The van der Waals surface area contributed by atoms with Gasteiger partial charge >= 0.3 is 0 Å². The van der Waals surface area contributed by atoms with Crippen LogP contribution in [-0.2, 0) is 6.42 Å². The van der Waals surface area contributed by atoms with Crippen molar-refractivity contribution in [2.24, 2.45) is 0 Å². The van der Waals surface area contributed by atoms with Gasteiger partial charge in [-0.3, -0.25) is 4.79 Å². The molecule has 162 valence electrons. The summed E-state index contributed by atoms with van der Waals surface area (Å²) in [7, 11) is 0. The number of carbonyl (C=O) groups is 1. The molecular weight excluding hydrogens is 409 g/mol. The second-order valence-corrected chi connectivity index (χ2v) is 7.98. The molecule has 32 heavy (non-hydrogen) atoms. The number of hydrogen-bond donors (Lipinski definition) is 0. The van der Waals surface area contributed by atoms with Crippen LogP contribution in [0.5, 0.6) is 0 Å². The van der Waals surface area contributed by atoms with Crippen molar-refractivity contribution < 1.29 is 18.0 Å². The third kappa shape index (κ3) is 4.31. The average Bonchev–Trinajstić information content (AvgIpc) is 2.78. The quantitative estimate of drug-likeness (QED) is 0.213. The Hall–Kier alpha value is -3.40. The van der Waals surface area contributed by atoms with Crippen LogP contribution < -0.4 is 0 Å². The summed E-state index contributed by atoms with van der Waals surface area (Å²) in [6.45, 7) is 2.16. The molecule has 0 amide bonds. The van der Waals surface area contributed by atoms with Crippen LogP contribution in [0.15, 0.2) is 66.7 Å². The van der Waals surface area contributed by atoms with Crippen LogP contribution in [0.2, 0.25) is 0 Å². The van der Waals surface area contributed by atoms with Crippen LogP contribution in [-0.4, -0.2) is 6.29 Å². The fourth-order valence-corrected chi connectivity index (χ4v) is 4.17. The van der Waals surface area contributed by atoms with E-state index in [-0.39, 0.29) is 16.7 Å². The van der Waals surface area contributed by atoms with Crippen LogP contribution in [0.1, 0.15) is 42.1 Å². The van der Waals surface area contributed by atoms with E-state index in [0.29, 0.717) is 11.1 Å². The molecule has 0 heterocycles. The van der Waals surface area contributed by atoms with E-state index in [0.717, 1.165) is 42.4 Å². The standard InChI is InChI=1S/C28H23F3O/c1-2-3-4-6-18-9-11-23-19(13-18)10-12-24(25(23)17-32)21-15-26(30)28(27(31)16-21)20-7-5-8-22(29)14-20/h5,7-17H,2-4,6H2,1H3. The van der Waals surface area contributed by atoms with Gasteiger partial charge in [-0.2, -0.15) is 0 Å². The number of halogens is 3. The largest absolute Gasteiger partial charge is 0.298 e. The molecule has 4 rings (SSSR count). The van der Waals surface area contributed by atoms with E-state index in [1.807, 2.05) is 18.2 Å². The fourth-order valence-electron chi connectivity index (χ4n) is 4.17. The summed E-state index contributed by atoms with van der Waals surface area (Å²) in [6.07, 6.45) is 5.12. The van der Waals surface area contributed by atoms with Crippen LogP contribution in [0.25, 0.3) is 33.0 Å². The highest BCUT2D eigenvalue weighted by atomic mass is 19.1. The normalized spacial score (nSPS) is 11.1. The molecular formula is C28H23F3O. The van der Waals surface area contributed by atoms with Crippen molar-refractivity contribution in [1.29, 1.82) is 0 Å². The molecule has 4 aromatic rings. The first-order valence-electron chi connectivity index (χ1n) is 10.8. The van der Waals surface area contributed by atoms with Crippen LogP contribution >= 0.6 is 0 Å². The van der Waals surface area contributed by atoms with Gasteiger partial charge in [-0.15, -0.1) is 0 Å². The molecule has 0 unspecified atom stereocenters. The molecule has 0 saturated heterocycles. The molecule has 0 aliphatic carbocycles. The number of benzene rings is 4. The number of aryl methyl sites for hydroxylation is 1. The molecule has 1 nitrogen and oxygen atoms in total. The van der Waals surface area contributed by atoms with Crippen molar-refractivity contribution in [2.45, 2.75) is 32.6 Å². The number of unbranched alkanes of at least 4 members (excludes halogenated alkanes) is 2. The minimum absolute atomic E-state index is 0.122. The highest BCUT2D eigenvalue weighted by molar-refractivity contribution is 6.04. The Balaban J connectivity index is 1.77. The molecule has 4 aromatic carbocycles. The zero-order valence-corrected chi connectivity index (χ0v) is 17.8. The molecule has 0 radical (unpaired) electrons. The van der Waals surface area contributed by atoms with Crippen molar-refractivity contribution >= 4 is 17.1 Å². The van der Waals surface area contributed by atoms with E-state index in [1.54, 1.807) is 6.07 Å². The van der Waals surface area contributed by atoms with Gasteiger partial charge in [0.05, 0.1) is 5.56 Å². The van der Waals surface area contributed by atoms with Crippen LogP contribution in [0.4, 0.5) is 13.2 Å². The Morgan fingerprint density at radius 3 is 2.28 bits per heavy atom. The van der Waals surface area contributed by atoms with Gasteiger partial charge in [-0.1, -0.05) is 62.2 Å². The van der Waals surface area contributed by atoms with E-state index < -0.39 is 17.5 Å². The first kappa shape index (κ1) is 21.8. The van der Waals surface area contributed by atoms with Crippen molar-refractivity contribution in [2.75, 3.05) is 0 Å². The lowest BCUT2D eigenvalue weighted by Gasteiger charge is -2.13. The van der Waals surface area contributed by atoms with Crippen molar-refractivity contribution in [3.8, 4) is 22.3 Å². The van der Waals surface area contributed by atoms with Crippen LogP contribution in [0.3, 0.4) is 0 Å².